The fourth-order valence-corrected chi connectivity index (χ4v) is 1.21. The summed E-state index contributed by atoms with van der Waals surface area (Å²) in [6, 6.07) is 0. The first-order chi connectivity index (χ1) is 6.37. The van der Waals surface area contributed by atoms with Gasteiger partial charge in [-0.05, 0) is 21.3 Å². The van der Waals surface area contributed by atoms with E-state index in [4.69, 9.17) is 4.84 Å². The number of hydrogen-bond acceptors (Lipinski definition) is 3. The number of hydrogen-bond donors (Lipinski definition) is 0. The van der Waals surface area contributed by atoms with Crippen LogP contribution in [0.2, 0.25) is 0 Å². The number of halogens is 1. The first kappa shape index (κ1) is 11.2. The van der Waals surface area contributed by atoms with Gasteiger partial charge in [0.05, 0.1) is 12.6 Å². The van der Waals surface area contributed by atoms with Crippen molar-refractivity contribution in [1.82, 2.24) is 9.71 Å². The van der Waals surface area contributed by atoms with Gasteiger partial charge in [0.2, 0.25) is 0 Å². The number of rotatable bonds is 2. The van der Waals surface area contributed by atoms with Crippen molar-refractivity contribution in [2.45, 2.75) is 27.2 Å². The Morgan fingerprint density at radius 1 is 1.64 bits per heavy atom. The Morgan fingerprint density at radius 3 is 2.71 bits per heavy atom. The fourth-order valence-electron chi connectivity index (χ4n) is 0.917. The third-order valence-electron chi connectivity index (χ3n) is 1.41. The predicted molar refractivity (Wildman–Crippen MR) is 55.6 cm³/mol. The second-order valence-electron chi connectivity index (χ2n) is 4.26. The van der Waals surface area contributed by atoms with Crippen molar-refractivity contribution in [2.24, 2.45) is 5.41 Å². The van der Waals surface area contributed by atoms with Crippen LogP contribution in [0.5, 0.6) is 0 Å². The zero-order valence-electron chi connectivity index (χ0n) is 8.45. The van der Waals surface area contributed by atoms with Crippen molar-refractivity contribution in [3.63, 3.8) is 0 Å². The Bertz CT molecular complexity index is 328. The molecule has 78 valence electrons. The molecule has 0 unspecified atom stereocenters. The van der Waals surface area contributed by atoms with Gasteiger partial charge in [-0.3, -0.25) is 0 Å². The molecule has 0 spiro atoms. The average molecular weight is 261 g/mol. The monoisotopic (exact) mass is 260 g/mol. The summed E-state index contributed by atoms with van der Waals surface area (Å²) in [6.07, 6.45) is 3.40. The van der Waals surface area contributed by atoms with E-state index in [9.17, 15) is 4.79 Å². The maximum Gasteiger partial charge on any atom is 0.333 e. The van der Waals surface area contributed by atoms with Crippen LogP contribution < -0.4 is 4.84 Å². The lowest BCUT2D eigenvalue weighted by Crippen LogP contribution is -2.23. The molecule has 0 aliphatic rings. The Hall–Kier alpha value is -0.840. The lowest BCUT2D eigenvalue weighted by atomic mass is 9.93. The largest absolute Gasteiger partial charge is 0.336 e. The van der Waals surface area contributed by atoms with Gasteiger partial charge in [-0.15, -0.1) is 0 Å². The molecule has 0 bridgehead atoms. The van der Waals surface area contributed by atoms with Gasteiger partial charge in [0.25, 0.3) is 0 Å². The molecule has 0 fully saturated rings. The first-order valence-corrected chi connectivity index (χ1v) is 5.07. The van der Waals surface area contributed by atoms with E-state index < -0.39 is 0 Å². The number of nitrogens with zero attached hydrogens (tertiary/aromatic N) is 2. The van der Waals surface area contributed by atoms with Gasteiger partial charge in [-0.1, -0.05) is 20.8 Å². The molecule has 0 radical (unpaired) electrons. The third-order valence-corrected chi connectivity index (χ3v) is 1.82. The predicted octanol–water partition coefficient (Wildman–Crippen LogP) is 2.04. The van der Waals surface area contributed by atoms with Crippen molar-refractivity contribution in [1.29, 1.82) is 0 Å². The molecular formula is C9H13BrN2O2. The van der Waals surface area contributed by atoms with E-state index in [-0.39, 0.29) is 11.4 Å². The van der Waals surface area contributed by atoms with Crippen molar-refractivity contribution < 1.29 is 9.63 Å². The van der Waals surface area contributed by atoms with E-state index in [1.165, 1.54) is 11.1 Å². The van der Waals surface area contributed by atoms with Crippen LogP contribution >= 0.6 is 15.9 Å². The van der Waals surface area contributed by atoms with E-state index >= 15 is 0 Å². The minimum absolute atomic E-state index is 0.0606. The molecule has 4 nitrogen and oxygen atoms in total. The van der Waals surface area contributed by atoms with Gasteiger partial charge in [-0.25, -0.2) is 9.78 Å². The average Bonchev–Trinajstić information content (AvgIpc) is 2.30. The topological polar surface area (TPSA) is 44.1 Å². The maximum absolute atomic E-state index is 11.4. The zero-order valence-corrected chi connectivity index (χ0v) is 10.0. The van der Waals surface area contributed by atoms with Crippen molar-refractivity contribution >= 4 is 21.9 Å². The van der Waals surface area contributed by atoms with Crippen LogP contribution in [0.3, 0.4) is 0 Å². The van der Waals surface area contributed by atoms with E-state index in [1.807, 2.05) is 20.8 Å². The standard InChI is InChI=1S/C9H13BrN2O2/c1-9(2,3)4-8(13)14-12-5-7(10)11-6-12/h5-6H,4H2,1-3H3. The molecule has 1 aromatic rings. The summed E-state index contributed by atoms with van der Waals surface area (Å²) in [7, 11) is 0. The molecule has 1 rings (SSSR count). The molecule has 0 aromatic carbocycles. The van der Waals surface area contributed by atoms with Crippen LogP contribution in [0.1, 0.15) is 27.2 Å². The molecule has 0 aliphatic carbocycles. The summed E-state index contributed by atoms with van der Waals surface area (Å²) in [6.45, 7) is 5.95. The lowest BCUT2D eigenvalue weighted by Gasteiger charge is -2.15. The van der Waals surface area contributed by atoms with Gasteiger partial charge < -0.3 is 4.84 Å². The van der Waals surface area contributed by atoms with Crippen LogP contribution in [0.25, 0.3) is 0 Å². The van der Waals surface area contributed by atoms with Crippen LogP contribution in [-0.4, -0.2) is 15.7 Å². The van der Waals surface area contributed by atoms with Crippen LogP contribution in [-0.2, 0) is 4.79 Å². The highest BCUT2D eigenvalue weighted by Gasteiger charge is 2.17. The summed E-state index contributed by atoms with van der Waals surface area (Å²) in [5.41, 5.74) is -0.0606. The molecule has 14 heavy (non-hydrogen) atoms. The molecule has 5 heteroatoms. The Morgan fingerprint density at radius 2 is 2.29 bits per heavy atom. The van der Waals surface area contributed by atoms with Crippen molar-refractivity contribution in [3.05, 3.63) is 17.1 Å². The number of aromatic nitrogens is 2. The molecule has 0 aliphatic heterocycles. The number of carbonyl (C=O) groups excluding carboxylic acids is 1. The normalized spacial score (nSPS) is 11.4. The van der Waals surface area contributed by atoms with E-state index in [0.717, 1.165) is 0 Å². The van der Waals surface area contributed by atoms with Gasteiger partial charge in [0, 0.05) is 0 Å². The van der Waals surface area contributed by atoms with E-state index in [0.29, 0.717) is 11.0 Å². The molecule has 0 amide bonds. The van der Waals surface area contributed by atoms with E-state index in [1.54, 1.807) is 6.20 Å². The zero-order chi connectivity index (χ0) is 10.8. The Kier molecular flexibility index (Phi) is 3.31. The summed E-state index contributed by atoms with van der Waals surface area (Å²) < 4.78 is 1.93. The number of carbonyl (C=O) groups is 1. The van der Waals surface area contributed by atoms with Crippen LogP contribution in [0, 0.1) is 5.41 Å². The SMILES string of the molecule is CC(C)(C)CC(=O)On1cnc(Br)c1. The lowest BCUT2D eigenvalue weighted by molar-refractivity contribution is -0.146. The first-order valence-electron chi connectivity index (χ1n) is 4.27. The fraction of sp³-hybridized carbons (Fsp3) is 0.556. The highest BCUT2D eigenvalue weighted by atomic mass is 79.9. The Balaban J connectivity index is 2.50. The van der Waals surface area contributed by atoms with Gasteiger partial charge in [0.15, 0.2) is 0 Å². The molecule has 0 saturated carbocycles. The van der Waals surface area contributed by atoms with Gasteiger partial charge in [0.1, 0.15) is 10.9 Å². The van der Waals surface area contributed by atoms with Crippen molar-refractivity contribution in [3.8, 4) is 0 Å². The molecule has 0 saturated heterocycles. The van der Waals surface area contributed by atoms with Crippen molar-refractivity contribution in [2.75, 3.05) is 0 Å². The molecule has 1 aromatic heterocycles. The quantitative estimate of drug-likeness (QED) is 0.818. The highest BCUT2D eigenvalue weighted by molar-refractivity contribution is 9.10. The highest BCUT2D eigenvalue weighted by Crippen LogP contribution is 2.18. The molecule has 1 heterocycles. The minimum atomic E-state index is -0.262. The molecule has 0 N–H and O–H groups in total. The van der Waals surface area contributed by atoms with Crippen LogP contribution in [0.15, 0.2) is 17.1 Å². The second kappa shape index (κ2) is 4.13. The molecule has 0 atom stereocenters. The smallest absolute Gasteiger partial charge is 0.333 e. The van der Waals surface area contributed by atoms with Gasteiger partial charge in [-0.2, -0.15) is 4.73 Å². The third kappa shape index (κ3) is 3.91. The minimum Gasteiger partial charge on any atom is -0.336 e. The summed E-state index contributed by atoms with van der Waals surface area (Å²) >= 11 is 3.16. The molecular weight excluding hydrogens is 248 g/mol. The van der Waals surface area contributed by atoms with Crippen LogP contribution in [0.4, 0.5) is 0 Å². The summed E-state index contributed by atoms with van der Waals surface area (Å²) in [5, 5.41) is 0. The maximum atomic E-state index is 11.4. The number of imidazole rings is 1. The summed E-state index contributed by atoms with van der Waals surface area (Å²) in [4.78, 5) is 20.2. The van der Waals surface area contributed by atoms with E-state index in [2.05, 4.69) is 20.9 Å². The second-order valence-corrected chi connectivity index (χ2v) is 5.07. The summed E-state index contributed by atoms with van der Waals surface area (Å²) in [5.74, 6) is -0.262. The Labute approximate surface area is 91.4 Å². The van der Waals surface area contributed by atoms with Gasteiger partial charge >= 0.3 is 5.97 Å².